The zero-order valence-electron chi connectivity index (χ0n) is 11.6. The Hall–Kier alpha value is -0.610. The van der Waals surface area contributed by atoms with Gasteiger partial charge < -0.3 is 15.5 Å². The van der Waals surface area contributed by atoms with Gasteiger partial charge in [-0.15, -0.1) is 0 Å². The van der Waals surface area contributed by atoms with E-state index in [-0.39, 0.29) is 5.91 Å². The summed E-state index contributed by atoms with van der Waals surface area (Å²) in [5, 5.41) is 6.41. The summed E-state index contributed by atoms with van der Waals surface area (Å²) in [5.41, 5.74) is 0. The third-order valence-electron chi connectivity index (χ3n) is 4.12. The van der Waals surface area contributed by atoms with Crippen molar-refractivity contribution in [2.24, 2.45) is 5.92 Å². The van der Waals surface area contributed by atoms with Crippen molar-refractivity contribution in [2.75, 3.05) is 32.7 Å². The maximum absolute atomic E-state index is 11.8. The standard InChI is InChI=1S/C14H27N3O/c1-2-3-6-17-7-4-13(5-8-17)16-14(18)9-12-10-15-11-12/h12-13,15H,2-11H2,1H3,(H,16,18). The molecule has 0 atom stereocenters. The molecule has 2 heterocycles. The molecule has 0 aromatic rings. The van der Waals surface area contributed by atoms with Crippen LogP contribution in [0.3, 0.4) is 0 Å². The number of carbonyl (C=O) groups is 1. The van der Waals surface area contributed by atoms with Gasteiger partial charge in [0.2, 0.25) is 5.91 Å². The SMILES string of the molecule is CCCCN1CCC(NC(=O)CC2CNC2)CC1. The normalized spacial score (nSPS) is 22.7. The third kappa shape index (κ3) is 4.25. The second-order valence-corrected chi connectivity index (χ2v) is 5.77. The summed E-state index contributed by atoms with van der Waals surface area (Å²) in [4.78, 5) is 14.3. The van der Waals surface area contributed by atoms with Gasteiger partial charge in [0.05, 0.1) is 0 Å². The maximum atomic E-state index is 11.8. The predicted molar refractivity (Wildman–Crippen MR) is 73.5 cm³/mol. The van der Waals surface area contributed by atoms with Crippen molar-refractivity contribution in [3.8, 4) is 0 Å². The van der Waals surface area contributed by atoms with Gasteiger partial charge in [-0.1, -0.05) is 13.3 Å². The number of likely N-dealkylation sites (tertiary alicyclic amines) is 1. The lowest BCUT2D eigenvalue weighted by Crippen LogP contribution is -2.48. The summed E-state index contributed by atoms with van der Waals surface area (Å²) >= 11 is 0. The van der Waals surface area contributed by atoms with Gasteiger partial charge in [-0.3, -0.25) is 4.79 Å². The fraction of sp³-hybridized carbons (Fsp3) is 0.929. The Balaban J connectivity index is 1.59. The van der Waals surface area contributed by atoms with E-state index in [2.05, 4.69) is 22.5 Å². The molecule has 0 saturated carbocycles. The zero-order chi connectivity index (χ0) is 12.8. The predicted octanol–water partition coefficient (Wildman–Crippen LogP) is 0.977. The van der Waals surface area contributed by atoms with Gasteiger partial charge in [-0.25, -0.2) is 0 Å². The number of unbranched alkanes of at least 4 members (excludes halogenated alkanes) is 1. The summed E-state index contributed by atoms with van der Waals surface area (Å²) in [6, 6.07) is 0.420. The van der Waals surface area contributed by atoms with Gasteiger partial charge in [0.25, 0.3) is 0 Å². The van der Waals surface area contributed by atoms with E-state index in [1.54, 1.807) is 0 Å². The molecular formula is C14H27N3O. The maximum Gasteiger partial charge on any atom is 0.220 e. The molecule has 104 valence electrons. The number of amides is 1. The van der Waals surface area contributed by atoms with Crippen LogP contribution in [-0.4, -0.2) is 49.6 Å². The van der Waals surface area contributed by atoms with Gasteiger partial charge >= 0.3 is 0 Å². The van der Waals surface area contributed by atoms with E-state index in [1.807, 2.05) is 0 Å². The van der Waals surface area contributed by atoms with Crippen molar-refractivity contribution >= 4 is 5.91 Å². The molecule has 2 rings (SSSR count). The van der Waals surface area contributed by atoms with E-state index in [1.165, 1.54) is 19.4 Å². The number of carbonyl (C=O) groups excluding carboxylic acids is 1. The van der Waals surface area contributed by atoms with Crippen LogP contribution in [0.25, 0.3) is 0 Å². The lowest BCUT2D eigenvalue weighted by Gasteiger charge is -2.33. The third-order valence-corrected chi connectivity index (χ3v) is 4.12. The summed E-state index contributed by atoms with van der Waals surface area (Å²) in [6.45, 7) is 7.80. The molecule has 1 amide bonds. The monoisotopic (exact) mass is 253 g/mol. The summed E-state index contributed by atoms with van der Waals surface area (Å²) in [7, 11) is 0. The molecule has 2 N–H and O–H groups in total. The van der Waals surface area contributed by atoms with Crippen molar-refractivity contribution in [1.82, 2.24) is 15.5 Å². The summed E-state index contributed by atoms with van der Waals surface area (Å²) < 4.78 is 0. The largest absolute Gasteiger partial charge is 0.353 e. The Morgan fingerprint density at radius 3 is 2.61 bits per heavy atom. The lowest BCUT2D eigenvalue weighted by atomic mass is 9.98. The molecule has 4 heteroatoms. The molecular weight excluding hydrogens is 226 g/mol. The molecule has 0 spiro atoms. The number of nitrogens with one attached hydrogen (secondary N) is 2. The van der Waals surface area contributed by atoms with Crippen LogP contribution in [0.15, 0.2) is 0 Å². The van der Waals surface area contributed by atoms with Gasteiger partial charge in [-0.05, 0) is 44.8 Å². The fourth-order valence-corrected chi connectivity index (χ4v) is 2.72. The van der Waals surface area contributed by atoms with E-state index in [0.717, 1.165) is 39.0 Å². The highest BCUT2D eigenvalue weighted by atomic mass is 16.1. The van der Waals surface area contributed by atoms with Crippen LogP contribution in [0.1, 0.15) is 39.0 Å². The van der Waals surface area contributed by atoms with Crippen molar-refractivity contribution in [3.63, 3.8) is 0 Å². The first-order valence-corrected chi connectivity index (χ1v) is 7.50. The summed E-state index contributed by atoms with van der Waals surface area (Å²) in [5.74, 6) is 0.836. The minimum absolute atomic E-state index is 0.258. The van der Waals surface area contributed by atoms with Crippen LogP contribution in [0.2, 0.25) is 0 Å². The Kier molecular flexibility index (Phi) is 5.45. The Bertz CT molecular complexity index is 258. The number of hydrogen-bond acceptors (Lipinski definition) is 3. The second kappa shape index (κ2) is 7.10. The highest BCUT2D eigenvalue weighted by molar-refractivity contribution is 5.76. The number of rotatable bonds is 6. The highest BCUT2D eigenvalue weighted by Crippen LogP contribution is 2.13. The topological polar surface area (TPSA) is 44.4 Å². The molecule has 0 aromatic carbocycles. The van der Waals surface area contributed by atoms with Crippen LogP contribution >= 0.6 is 0 Å². The molecule has 2 aliphatic rings. The Labute approximate surface area is 110 Å². The van der Waals surface area contributed by atoms with Crippen molar-refractivity contribution in [3.05, 3.63) is 0 Å². The fourth-order valence-electron chi connectivity index (χ4n) is 2.72. The van der Waals surface area contributed by atoms with E-state index in [9.17, 15) is 4.79 Å². The van der Waals surface area contributed by atoms with Gasteiger partial charge in [0.1, 0.15) is 0 Å². The molecule has 4 nitrogen and oxygen atoms in total. The summed E-state index contributed by atoms with van der Waals surface area (Å²) in [6.07, 6.45) is 5.53. The molecule has 2 fully saturated rings. The van der Waals surface area contributed by atoms with Crippen LogP contribution < -0.4 is 10.6 Å². The van der Waals surface area contributed by atoms with Crippen LogP contribution in [0.5, 0.6) is 0 Å². The molecule has 0 unspecified atom stereocenters. The van der Waals surface area contributed by atoms with Crippen LogP contribution in [0.4, 0.5) is 0 Å². The minimum atomic E-state index is 0.258. The number of hydrogen-bond donors (Lipinski definition) is 2. The first-order valence-electron chi connectivity index (χ1n) is 7.50. The van der Waals surface area contributed by atoms with E-state index >= 15 is 0 Å². The van der Waals surface area contributed by atoms with Crippen molar-refractivity contribution in [2.45, 2.75) is 45.1 Å². The zero-order valence-corrected chi connectivity index (χ0v) is 11.6. The second-order valence-electron chi connectivity index (χ2n) is 5.77. The quantitative estimate of drug-likeness (QED) is 0.741. The van der Waals surface area contributed by atoms with Crippen molar-refractivity contribution < 1.29 is 4.79 Å². The van der Waals surface area contributed by atoms with E-state index < -0.39 is 0 Å². The smallest absolute Gasteiger partial charge is 0.220 e. The average molecular weight is 253 g/mol. The number of piperidine rings is 1. The molecule has 18 heavy (non-hydrogen) atoms. The van der Waals surface area contributed by atoms with E-state index in [0.29, 0.717) is 18.4 Å². The van der Waals surface area contributed by atoms with Gasteiger partial charge in [0, 0.05) is 25.6 Å². The molecule has 2 aliphatic heterocycles. The van der Waals surface area contributed by atoms with E-state index in [4.69, 9.17) is 0 Å². The molecule has 0 aromatic heterocycles. The molecule has 2 saturated heterocycles. The average Bonchev–Trinajstić information content (AvgIpc) is 2.33. The Morgan fingerprint density at radius 1 is 1.33 bits per heavy atom. The molecule has 0 aliphatic carbocycles. The van der Waals surface area contributed by atoms with Crippen LogP contribution in [-0.2, 0) is 4.79 Å². The first kappa shape index (κ1) is 13.8. The lowest BCUT2D eigenvalue weighted by molar-refractivity contribution is -0.123. The van der Waals surface area contributed by atoms with Crippen molar-refractivity contribution in [1.29, 1.82) is 0 Å². The highest BCUT2D eigenvalue weighted by Gasteiger charge is 2.23. The first-order chi connectivity index (χ1) is 8.78. The van der Waals surface area contributed by atoms with Gasteiger partial charge in [0.15, 0.2) is 0 Å². The number of nitrogens with zero attached hydrogens (tertiary/aromatic N) is 1. The minimum Gasteiger partial charge on any atom is -0.353 e. The van der Waals surface area contributed by atoms with Gasteiger partial charge in [-0.2, -0.15) is 0 Å². The Morgan fingerprint density at radius 2 is 2.06 bits per heavy atom. The molecule has 0 bridgehead atoms. The molecule has 0 radical (unpaired) electrons. The van der Waals surface area contributed by atoms with Crippen LogP contribution in [0, 0.1) is 5.92 Å².